The summed E-state index contributed by atoms with van der Waals surface area (Å²) in [5.74, 6) is -2.95. The van der Waals surface area contributed by atoms with Crippen molar-refractivity contribution in [2.75, 3.05) is 20.3 Å². The number of aliphatic carboxylic acids is 1. The Hall–Kier alpha value is -3.30. The van der Waals surface area contributed by atoms with Gasteiger partial charge in [0.15, 0.2) is 17.2 Å². The number of methoxy groups -OCH3 is 1. The maximum atomic E-state index is 14.5. The van der Waals surface area contributed by atoms with Gasteiger partial charge in [-0.2, -0.15) is 5.10 Å². The summed E-state index contributed by atoms with van der Waals surface area (Å²) < 4.78 is 41.8. The molecule has 3 heterocycles. The molecule has 2 atom stereocenters. The number of hydrogen-bond donors (Lipinski definition) is 2. The highest BCUT2D eigenvalue weighted by atomic mass is 19.2. The smallest absolute Gasteiger partial charge is 0.335 e. The molecule has 9 heteroatoms. The van der Waals surface area contributed by atoms with Gasteiger partial charge in [-0.3, -0.25) is 5.10 Å². The topological polar surface area (TPSA) is 89.4 Å². The van der Waals surface area contributed by atoms with Crippen LogP contribution in [-0.4, -0.2) is 51.8 Å². The number of halogens is 2. The monoisotopic (exact) mass is 497 g/mol. The molecule has 0 spiro atoms. The van der Waals surface area contributed by atoms with Gasteiger partial charge in [-0.25, -0.2) is 13.6 Å². The number of ether oxygens (including phenoxy) is 2. The number of benzene rings is 2. The third kappa shape index (κ3) is 3.87. The first-order valence-electron chi connectivity index (χ1n) is 11.9. The summed E-state index contributed by atoms with van der Waals surface area (Å²) in [6, 6.07) is 7.88. The van der Waals surface area contributed by atoms with Crippen LogP contribution in [0.2, 0.25) is 0 Å². The summed E-state index contributed by atoms with van der Waals surface area (Å²) in [5.41, 5.74) is 2.24. The average molecular weight is 498 g/mol. The lowest BCUT2D eigenvalue weighted by atomic mass is 9.79. The van der Waals surface area contributed by atoms with E-state index >= 15 is 0 Å². The highest BCUT2D eigenvalue weighted by Crippen LogP contribution is 2.46. The van der Waals surface area contributed by atoms with Crippen molar-refractivity contribution in [3.05, 3.63) is 59.4 Å². The highest BCUT2D eigenvalue weighted by Gasteiger charge is 2.42. The van der Waals surface area contributed by atoms with E-state index in [-0.39, 0.29) is 12.5 Å². The minimum Gasteiger partial charge on any atom is -0.479 e. The number of carboxylic acid groups (broad SMARTS) is 1. The normalized spacial score (nSPS) is 20.9. The zero-order valence-corrected chi connectivity index (χ0v) is 20.7. The van der Waals surface area contributed by atoms with Gasteiger partial charge in [0.1, 0.15) is 0 Å². The van der Waals surface area contributed by atoms with Gasteiger partial charge >= 0.3 is 5.97 Å². The van der Waals surface area contributed by atoms with Gasteiger partial charge in [0.25, 0.3) is 0 Å². The van der Waals surface area contributed by atoms with Gasteiger partial charge in [0, 0.05) is 46.7 Å². The molecule has 36 heavy (non-hydrogen) atoms. The lowest BCUT2D eigenvalue weighted by Crippen LogP contribution is -2.43. The Balaban J connectivity index is 1.82. The van der Waals surface area contributed by atoms with Crippen molar-refractivity contribution in [2.45, 2.75) is 50.5 Å². The molecule has 190 valence electrons. The fourth-order valence-electron chi connectivity index (χ4n) is 5.44. The highest BCUT2D eigenvalue weighted by molar-refractivity contribution is 5.99. The summed E-state index contributed by atoms with van der Waals surface area (Å²) in [6.45, 7) is 6.28. The van der Waals surface area contributed by atoms with Crippen LogP contribution in [0.25, 0.3) is 27.5 Å². The van der Waals surface area contributed by atoms with Crippen LogP contribution in [-0.2, 0) is 19.7 Å². The van der Waals surface area contributed by atoms with Crippen LogP contribution >= 0.6 is 0 Å². The zero-order chi connectivity index (χ0) is 25.8. The van der Waals surface area contributed by atoms with Crippen LogP contribution in [0.5, 0.6) is 0 Å². The van der Waals surface area contributed by atoms with Crippen molar-refractivity contribution in [3.8, 4) is 5.69 Å². The van der Waals surface area contributed by atoms with E-state index in [4.69, 9.17) is 9.47 Å². The van der Waals surface area contributed by atoms with E-state index in [0.717, 1.165) is 39.1 Å². The number of H-pyrrole nitrogens is 1. The molecular formula is C27H29F2N3O4. The number of carbonyl (C=O) groups is 1. The molecule has 0 aliphatic carbocycles. The maximum absolute atomic E-state index is 14.5. The molecule has 2 aromatic carbocycles. The number of aromatic amines is 1. The second-order valence-corrected chi connectivity index (χ2v) is 10.4. The molecule has 5 rings (SSSR count). The third-order valence-electron chi connectivity index (χ3n) is 7.31. The lowest BCUT2D eigenvalue weighted by molar-refractivity contribution is -0.170. The first kappa shape index (κ1) is 24.4. The number of fused-ring (bicyclic) bond motifs is 2. The van der Waals surface area contributed by atoms with Crippen LogP contribution in [0.1, 0.15) is 50.8 Å². The average Bonchev–Trinajstić information content (AvgIpc) is 3.42. The van der Waals surface area contributed by atoms with E-state index in [0.29, 0.717) is 25.1 Å². The number of nitrogens with zero attached hydrogens (tertiary/aromatic N) is 2. The first-order valence-corrected chi connectivity index (χ1v) is 11.9. The largest absolute Gasteiger partial charge is 0.479 e. The zero-order valence-electron chi connectivity index (χ0n) is 20.7. The predicted molar refractivity (Wildman–Crippen MR) is 132 cm³/mol. The summed E-state index contributed by atoms with van der Waals surface area (Å²) in [7, 11) is 1.63. The molecular weight excluding hydrogens is 468 g/mol. The van der Waals surface area contributed by atoms with Crippen molar-refractivity contribution in [3.63, 3.8) is 0 Å². The Morgan fingerprint density at radius 3 is 2.72 bits per heavy atom. The summed E-state index contributed by atoms with van der Waals surface area (Å²) in [4.78, 5) is 11.8. The lowest BCUT2D eigenvalue weighted by Gasteiger charge is -2.36. The van der Waals surface area contributed by atoms with Crippen molar-refractivity contribution in [1.29, 1.82) is 0 Å². The SMILES string of the molecule is COCC(C)(C)c1c(C2CC[C@](C)(C(=O)O)OC2)c2cc3[nH]ncc3cc2n1-c1ccc(F)c(F)c1. The van der Waals surface area contributed by atoms with Gasteiger partial charge in [-0.1, -0.05) is 13.8 Å². The van der Waals surface area contributed by atoms with Crippen molar-refractivity contribution >= 4 is 27.8 Å². The molecule has 1 saturated heterocycles. The van der Waals surface area contributed by atoms with Gasteiger partial charge in [-0.05, 0) is 49.6 Å². The molecule has 1 aliphatic heterocycles. The van der Waals surface area contributed by atoms with Crippen LogP contribution in [0.15, 0.2) is 36.5 Å². The Kier molecular flexibility index (Phi) is 5.88. The van der Waals surface area contributed by atoms with E-state index in [9.17, 15) is 18.7 Å². The molecule has 1 unspecified atom stereocenters. The Morgan fingerprint density at radius 1 is 1.31 bits per heavy atom. The second-order valence-electron chi connectivity index (χ2n) is 10.4. The molecule has 7 nitrogen and oxygen atoms in total. The number of aromatic nitrogens is 3. The Bertz CT molecular complexity index is 1460. The third-order valence-corrected chi connectivity index (χ3v) is 7.31. The van der Waals surface area contributed by atoms with Crippen LogP contribution in [0.4, 0.5) is 8.78 Å². The van der Waals surface area contributed by atoms with Gasteiger partial charge in [0.2, 0.25) is 0 Å². The van der Waals surface area contributed by atoms with E-state index in [1.165, 1.54) is 6.07 Å². The number of rotatable bonds is 6. The minimum absolute atomic E-state index is 0.113. The maximum Gasteiger partial charge on any atom is 0.335 e. The molecule has 2 N–H and O–H groups in total. The Morgan fingerprint density at radius 2 is 2.08 bits per heavy atom. The quantitative estimate of drug-likeness (QED) is 0.370. The first-order chi connectivity index (χ1) is 17.1. The van der Waals surface area contributed by atoms with Gasteiger partial charge in [0.05, 0.1) is 30.4 Å². The van der Waals surface area contributed by atoms with Crippen molar-refractivity contribution in [2.24, 2.45) is 0 Å². The van der Waals surface area contributed by atoms with Gasteiger partial charge < -0.3 is 19.1 Å². The van der Waals surface area contributed by atoms with E-state index in [2.05, 4.69) is 10.2 Å². The molecule has 0 bridgehead atoms. The number of hydrogen-bond acceptors (Lipinski definition) is 4. The van der Waals surface area contributed by atoms with Crippen LogP contribution < -0.4 is 0 Å². The van der Waals surface area contributed by atoms with E-state index in [1.54, 1.807) is 26.3 Å². The van der Waals surface area contributed by atoms with E-state index < -0.39 is 28.6 Å². The summed E-state index contributed by atoms with van der Waals surface area (Å²) in [5, 5.41) is 18.6. The fourth-order valence-corrected chi connectivity index (χ4v) is 5.44. The van der Waals surface area contributed by atoms with Crippen LogP contribution in [0, 0.1) is 11.6 Å². The van der Waals surface area contributed by atoms with E-state index in [1.807, 2.05) is 30.5 Å². The minimum atomic E-state index is -1.24. The van der Waals surface area contributed by atoms with Crippen LogP contribution in [0.3, 0.4) is 0 Å². The second kappa shape index (κ2) is 8.67. The van der Waals surface area contributed by atoms with Gasteiger partial charge in [-0.15, -0.1) is 0 Å². The van der Waals surface area contributed by atoms with Crippen molar-refractivity contribution in [1.82, 2.24) is 14.8 Å². The molecule has 1 aliphatic rings. The standard InChI is InChI=1S/C27H29F2N3O4/c1-26(2,14-35-4)24-23(15-7-8-27(3,25(33)34)36-13-15)18-11-21-16(12-30-31-21)9-22(18)32(24)17-5-6-19(28)20(29)10-17/h5-6,9-12,15H,7-8,13-14H2,1-4H3,(H,30,31)(H,33,34)/t15?,27-/m1/s1. The molecule has 0 saturated carbocycles. The molecule has 4 aromatic rings. The summed E-state index contributed by atoms with van der Waals surface area (Å²) >= 11 is 0. The summed E-state index contributed by atoms with van der Waals surface area (Å²) in [6.07, 6.45) is 2.66. The Labute approximate surface area is 207 Å². The molecule has 0 radical (unpaired) electrons. The number of nitrogens with one attached hydrogen (secondary N) is 1. The van der Waals surface area contributed by atoms with Crippen molar-refractivity contribution < 1.29 is 28.2 Å². The molecule has 1 fully saturated rings. The fraction of sp³-hybridized carbons (Fsp3) is 0.407. The predicted octanol–water partition coefficient (Wildman–Crippen LogP) is 5.45. The molecule has 0 amide bonds. The number of carboxylic acids is 1. The molecule has 2 aromatic heterocycles.